The number of benzene rings is 2. The number of rotatable bonds is 2. The molecule has 0 radical (unpaired) electrons. The third kappa shape index (κ3) is 2.71. The van der Waals surface area contributed by atoms with E-state index in [0.29, 0.717) is 11.4 Å². The molecule has 23 heavy (non-hydrogen) atoms. The quantitative estimate of drug-likeness (QED) is 0.772. The van der Waals surface area contributed by atoms with Crippen LogP contribution in [0.4, 0.5) is 5.69 Å². The van der Waals surface area contributed by atoms with Gasteiger partial charge in [0.05, 0.1) is 11.4 Å². The maximum atomic E-state index is 11.4. The monoisotopic (exact) mass is 322 g/mol. The van der Waals surface area contributed by atoms with Gasteiger partial charge in [-0.25, -0.2) is 4.98 Å². The third-order valence-electron chi connectivity index (χ3n) is 3.68. The van der Waals surface area contributed by atoms with Crippen LogP contribution in [0.5, 0.6) is 5.75 Å². The maximum absolute atomic E-state index is 11.4. The van der Waals surface area contributed by atoms with Crippen molar-refractivity contribution in [1.29, 1.82) is 0 Å². The number of aryl methyl sites for hydroxylation is 1. The van der Waals surface area contributed by atoms with E-state index in [1.807, 2.05) is 29.6 Å². The lowest BCUT2D eigenvalue weighted by atomic mass is 10.1. The van der Waals surface area contributed by atoms with E-state index < -0.39 is 0 Å². The molecule has 1 aliphatic rings. The molecule has 1 aliphatic heterocycles. The average Bonchev–Trinajstić information content (AvgIpc) is 3.04. The lowest BCUT2D eigenvalue weighted by Gasteiger charge is -2.18. The Balaban J connectivity index is 1.69. The molecule has 4 nitrogen and oxygen atoms in total. The lowest BCUT2D eigenvalue weighted by Crippen LogP contribution is -2.25. The number of hydrogen-bond donors (Lipinski definition) is 1. The summed E-state index contributed by atoms with van der Waals surface area (Å²) in [6.45, 7) is 2.14. The number of amides is 1. The van der Waals surface area contributed by atoms with Crippen molar-refractivity contribution in [1.82, 2.24) is 4.98 Å². The van der Waals surface area contributed by atoms with Crippen LogP contribution in [0.3, 0.4) is 0 Å². The molecule has 3 aromatic rings. The summed E-state index contributed by atoms with van der Waals surface area (Å²) in [5.74, 6) is 0.566. The molecule has 0 bridgehead atoms. The summed E-state index contributed by atoms with van der Waals surface area (Å²) in [7, 11) is 0. The Morgan fingerprint density at radius 2 is 2.09 bits per heavy atom. The number of carbonyl (C=O) groups excluding carboxylic acids is 1. The van der Waals surface area contributed by atoms with Gasteiger partial charge in [0.25, 0.3) is 5.91 Å². The molecule has 0 saturated heterocycles. The second-order valence-corrected chi connectivity index (χ2v) is 6.31. The van der Waals surface area contributed by atoms with Crippen LogP contribution in [0.1, 0.15) is 5.56 Å². The summed E-state index contributed by atoms with van der Waals surface area (Å²) in [6.07, 6.45) is 0. The van der Waals surface area contributed by atoms with Crippen molar-refractivity contribution < 1.29 is 9.53 Å². The average molecular weight is 322 g/mol. The Labute approximate surface area is 137 Å². The third-order valence-corrected chi connectivity index (χ3v) is 4.57. The number of thiazole rings is 1. The van der Waals surface area contributed by atoms with E-state index in [1.54, 1.807) is 11.3 Å². The smallest absolute Gasteiger partial charge is 0.262 e. The Bertz CT molecular complexity index is 902. The van der Waals surface area contributed by atoms with E-state index in [9.17, 15) is 4.79 Å². The molecular formula is C18H14N2O2S. The zero-order chi connectivity index (χ0) is 15.8. The van der Waals surface area contributed by atoms with Gasteiger partial charge in [0.15, 0.2) is 6.61 Å². The van der Waals surface area contributed by atoms with Crippen molar-refractivity contribution in [2.75, 3.05) is 11.9 Å². The first-order chi connectivity index (χ1) is 11.2. The fourth-order valence-electron chi connectivity index (χ4n) is 2.56. The molecule has 0 aliphatic carbocycles. The van der Waals surface area contributed by atoms with E-state index in [1.165, 1.54) is 5.56 Å². The zero-order valence-electron chi connectivity index (χ0n) is 12.5. The van der Waals surface area contributed by atoms with Gasteiger partial charge in [-0.3, -0.25) is 4.79 Å². The Morgan fingerprint density at radius 3 is 2.96 bits per heavy atom. The number of ether oxygens (including phenoxy) is 1. The van der Waals surface area contributed by atoms with Crippen LogP contribution in [0.15, 0.2) is 47.8 Å². The molecule has 0 saturated carbocycles. The van der Waals surface area contributed by atoms with Gasteiger partial charge in [-0.05, 0) is 31.2 Å². The minimum absolute atomic E-state index is 0.0700. The molecule has 1 N–H and O–H groups in total. The fourth-order valence-corrected chi connectivity index (χ4v) is 3.39. The molecule has 1 amide bonds. The summed E-state index contributed by atoms with van der Waals surface area (Å²) in [6, 6.07) is 14.0. The topological polar surface area (TPSA) is 51.2 Å². The van der Waals surface area contributed by atoms with Gasteiger partial charge in [0.1, 0.15) is 10.8 Å². The minimum atomic E-state index is -0.131. The highest BCUT2D eigenvalue weighted by Crippen LogP contribution is 2.34. The first-order valence-corrected chi connectivity index (χ1v) is 8.17. The highest BCUT2D eigenvalue weighted by atomic mass is 32.1. The number of fused-ring (bicyclic) bond motifs is 1. The fraction of sp³-hybridized carbons (Fsp3) is 0.111. The Kier molecular flexibility index (Phi) is 3.35. The van der Waals surface area contributed by atoms with E-state index in [2.05, 4.69) is 30.4 Å². The standard InChI is InChI=1S/C18H14N2O2S/c1-11-3-2-4-13(7-11)18-20-15(10-23-18)12-5-6-16-14(8-12)19-17(21)9-22-16/h2-8,10H,9H2,1H3,(H,19,21). The first kappa shape index (κ1) is 14.0. The number of hydrogen-bond acceptors (Lipinski definition) is 4. The van der Waals surface area contributed by atoms with Crippen LogP contribution in [-0.4, -0.2) is 17.5 Å². The van der Waals surface area contributed by atoms with Crippen LogP contribution in [-0.2, 0) is 4.79 Å². The molecule has 0 atom stereocenters. The molecule has 0 unspecified atom stereocenters. The molecule has 4 rings (SSSR count). The van der Waals surface area contributed by atoms with Crippen molar-refractivity contribution in [3.8, 4) is 27.6 Å². The minimum Gasteiger partial charge on any atom is -0.482 e. The van der Waals surface area contributed by atoms with Gasteiger partial charge in [0.2, 0.25) is 0 Å². The normalized spacial score (nSPS) is 13.2. The van der Waals surface area contributed by atoms with Gasteiger partial charge < -0.3 is 10.1 Å². The maximum Gasteiger partial charge on any atom is 0.262 e. The van der Waals surface area contributed by atoms with Gasteiger partial charge >= 0.3 is 0 Å². The van der Waals surface area contributed by atoms with Crippen molar-refractivity contribution in [3.63, 3.8) is 0 Å². The van der Waals surface area contributed by atoms with E-state index in [-0.39, 0.29) is 12.5 Å². The number of nitrogens with one attached hydrogen (secondary N) is 1. The van der Waals surface area contributed by atoms with E-state index in [0.717, 1.165) is 21.8 Å². The van der Waals surface area contributed by atoms with Crippen molar-refractivity contribution in [2.45, 2.75) is 6.92 Å². The lowest BCUT2D eigenvalue weighted by molar-refractivity contribution is -0.118. The van der Waals surface area contributed by atoms with Crippen LogP contribution in [0.25, 0.3) is 21.8 Å². The molecule has 2 heterocycles. The van der Waals surface area contributed by atoms with E-state index in [4.69, 9.17) is 9.72 Å². The number of carbonyl (C=O) groups is 1. The van der Waals surface area contributed by atoms with E-state index >= 15 is 0 Å². The van der Waals surface area contributed by atoms with Gasteiger partial charge in [-0.1, -0.05) is 23.8 Å². The van der Waals surface area contributed by atoms with Crippen LogP contribution >= 0.6 is 11.3 Å². The van der Waals surface area contributed by atoms with Crippen LogP contribution in [0.2, 0.25) is 0 Å². The summed E-state index contributed by atoms with van der Waals surface area (Å²) >= 11 is 1.61. The molecule has 2 aromatic carbocycles. The van der Waals surface area contributed by atoms with Crippen molar-refractivity contribution in [2.24, 2.45) is 0 Å². The summed E-state index contributed by atoms with van der Waals surface area (Å²) < 4.78 is 5.38. The molecule has 0 spiro atoms. The molecule has 114 valence electrons. The van der Waals surface area contributed by atoms with Gasteiger partial charge in [0, 0.05) is 16.5 Å². The molecule has 1 aromatic heterocycles. The number of aromatic nitrogens is 1. The molecular weight excluding hydrogens is 308 g/mol. The highest BCUT2D eigenvalue weighted by molar-refractivity contribution is 7.13. The van der Waals surface area contributed by atoms with Crippen LogP contribution in [0, 0.1) is 6.92 Å². The number of anilines is 1. The molecule has 5 heteroatoms. The second-order valence-electron chi connectivity index (χ2n) is 5.46. The predicted octanol–water partition coefficient (Wildman–Crippen LogP) is 4.12. The molecule has 0 fully saturated rings. The summed E-state index contributed by atoms with van der Waals surface area (Å²) in [5.41, 5.74) is 4.89. The SMILES string of the molecule is Cc1cccc(-c2nc(-c3ccc4c(c3)NC(=O)CO4)cs2)c1. The van der Waals surface area contributed by atoms with Gasteiger partial charge in [-0.2, -0.15) is 0 Å². The zero-order valence-corrected chi connectivity index (χ0v) is 13.3. The highest BCUT2D eigenvalue weighted by Gasteiger charge is 2.17. The summed E-state index contributed by atoms with van der Waals surface area (Å²) in [5, 5.41) is 5.85. The van der Waals surface area contributed by atoms with Gasteiger partial charge in [-0.15, -0.1) is 11.3 Å². The van der Waals surface area contributed by atoms with Crippen molar-refractivity contribution >= 4 is 22.9 Å². The Morgan fingerprint density at radius 1 is 1.17 bits per heavy atom. The van der Waals surface area contributed by atoms with Crippen LogP contribution < -0.4 is 10.1 Å². The summed E-state index contributed by atoms with van der Waals surface area (Å²) in [4.78, 5) is 16.2. The number of nitrogens with zero attached hydrogens (tertiary/aromatic N) is 1. The second kappa shape index (κ2) is 5.52. The predicted molar refractivity (Wildman–Crippen MR) is 91.8 cm³/mol. The largest absolute Gasteiger partial charge is 0.482 e. The first-order valence-electron chi connectivity index (χ1n) is 7.29. The van der Waals surface area contributed by atoms with Crippen molar-refractivity contribution in [3.05, 3.63) is 53.4 Å². The Hall–Kier alpha value is -2.66.